The van der Waals surface area contributed by atoms with Crippen LogP contribution in [0.1, 0.15) is 37.5 Å². The lowest BCUT2D eigenvalue weighted by Crippen LogP contribution is -2.56. The molecule has 0 heterocycles. The van der Waals surface area contributed by atoms with Gasteiger partial charge in [-0.05, 0) is 63.1 Å². The summed E-state index contributed by atoms with van der Waals surface area (Å²) < 4.78 is 40.3. The lowest BCUT2D eigenvalue weighted by atomic mass is 10.0. The lowest BCUT2D eigenvalue weighted by molar-refractivity contribution is -0.140. The highest BCUT2D eigenvalue weighted by Crippen LogP contribution is 2.21. The summed E-state index contributed by atoms with van der Waals surface area (Å²) in [6.45, 7) is 6.90. The van der Waals surface area contributed by atoms with Crippen LogP contribution in [0.25, 0.3) is 0 Å². The van der Waals surface area contributed by atoms with Gasteiger partial charge in [-0.1, -0.05) is 60.2 Å². The van der Waals surface area contributed by atoms with Crippen molar-refractivity contribution in [1.29, 1.82) is 0 Å². The third-order valence-electron chi connectivity index (χ3n) is 6.04. The van der Waals surface area contributed by atoms with E-state index in [9.17, 15) is 22.4 Å². The van der Waals surface area contributed by atoms with Crippen molar-refractivity contribution in [2.45, 2.75) is 52.2 Å². The first kappa shape index (κ1) is 29.8. The van der Waals surface area contributed by atoms with E-state index in [1.54, 1.807) is 36.4 Å². The maximum Gasteiger partial charge on any atom is 0.244 e. The average Bonchev–Trinajstić information content (AvgIpc) is 2.85. The molecule has 0 aliphatic heterocycles. The van der Waals surface area contributed by atoms with Crippen LogP contribution >= 0.6 is 0 Å². The molecule has 3 aromatic carbocycles. The number of carbonyl (C=O) groups is 2. The average molecular weight is 554 g/mol. The van der Waals surface area contributed by atoms with Gasteiger partial charge in [0.25, 0.3) is 0 Å². The van der Waals surface area contributed by atoms with Crippen LogP contribution in [0, 0.1) is 12.7 Å². The van der Waals surface area contributed by atoms with Crippen molar-refractivity contribution in [2.24, 2.45) is 0 Å². The summed E-state index contributed by atoms with van der Waals surface area (Å²) >= 11 is 0. The molecule has 2 amide bonds. The van der Waals surface area contributed by atoms with Crippen LogP contribution in [-0.2, 0) is 32.6 Å². The molecule has 3 rings (SSSR count). The van der Waals surface area contributed by atoms with Gasteiger partial charge in [0, 0.05) is 18.5 Å². The van der Waals surface area contributed by atoms with E-state index in [-0.39, 0.29) is 18.9 Å². The molecule has 9 heteroatoms. The third-order valence-corrected chi connectivity index (χ3v) is 7.18. The Balaban J connectivity index is 2.06. The Morgan fingerprint density at radius 2 is 1.49 bits per heavy atom. The number of amides is 2. The Morgan fingerprint density at radius 1 is 0.897 bits per heavy atom. The summed E-state index contributed by atoms with van der Waals surface area (Å²) in [6.07, 6.45) is 1.25. The number of hydrogen-bond donors (Lipinski definition) is 1. The summed E-state index contributed by atoms with van der Waals surface area (Å²) in [4.78, 5) is 29.0. The fraction of sp³-hybridized carbons (Fsp3) is 0.333. The Kier molecular flexibility index (Phi) is 9.50. The molecule has 0 aliphatic rings. The molecule has 208 valence electrons. The highest BCUT2D eigenvalue weighted by atomic mass is 32.2. The van der Waals surface area contributed by atoms with E-state index in [1.807, 2.05) is 58.0 Å². The van der Waals surface area contributed by atoms with E-state index in [2.05, 4.69) is 5.32 Å². The Bertz CT molecular complexity index is 1370. The van der Waals surface area contributed by atoms with Crippen LogP contribution in [0.4, 0.5) is 10.1 Å². The molecule has 0 spiro atoms. The van der Waals surface area contributed by atoms with Crippen molar-refractivity contribution in [3.63, 3.8) is 0 Å². The van der Waals surface area contributed by atoms with E-state index < -0.39 is 39.9 Å². The fourth-order valence-electron chi connectivity index (χ4n) is 4.12. The zero-order valence-corrected chi connectivity index (χ0v) is 23.8. The van der Waals surface area contributed by atoms with E-state index in [0.29, 0.717) is 11.3 Å². The standard InChI is InChI=1S/C30H36FN3O4S/c1-22-11-17-26(18-12-22)34(39(5,37)38)21-28(35)33(20-24-13-15-25(31)16-14-24)27(29(36)32-30(2,3)4)19-23-9-7-6-8-10-23/h6-18,27H,19-21H2,1-5H3,(H,32,36)/t27-/m0/s1. The second-order valence-electron chi connectivity index (χ2n) is 10.7. The molecule has 0 aromatic heterocycles. The smallest absolute Gasteiger partial charge is 0.244 e. The highest BCUT2D eigenvalue weighted by Gasteiger charge is 2.34. The summed E-state index contributed by atoms with van der Waals surface area (Å²) in [7, 11) is -3.84. The molecule has 0 aliphatic carbocycles. The van der Waals surface area contributed by atoms with Gasteiger partial charge in [0.05, 0.1) is 11.9 Å². The topological polar surface area (TPSA) is 86.8 Å². The van der Waals surface area contributed by atoms with Crippen LogP contribution < -0.4 is 9.62 Å². The molecular formula is C30H36FN3O4S. The minimum atomic E-state index is -3.84. The van der Waals surface area contributed by atoms with Gasteiger partial charge in [-0.3, -0.25) is 13.9 Å². The second-order valence-corrected chi connectivity index (χ2v) is 12.6. The summed E-state index contributed by atoms with van der Waals surface area (Å²) in [5, 5.41) is 2.97. The highest BCUT2D eigenvalue weighted by molar-refractivity contribution is 7.92. The first-order valence-corrected chi connectivity index (χ1v) is 14.5. The van der Waals surface area contributed by atoms with Gasteiger partial charge in [0.1, 0.15) is 18.4 Å². The molecule has 3 aromatic rings. The number of sulfonamides is 1. The second kappa shape index (κ2) is 12.4. The van der Waals surface area contributed by atoms with E-state index in [4.69, 9.17) is 0 Å². The Hall–Kier alpha value is -3.72. The van der Waals surface area contributed by atoms with Crippen LogP contribution in [0.3, 0.4) is 0 Å². The SMILES string of the molecule is Cc1ccc(N(CC(=O)N(Cc2ccc(F)cc2)[C@@H](Cc2ccccc2)C(=O)NC(C)(C)C)S(C)(=O)=O)cc1. The molecule has 0 saturated carbocycles. The molecule has 0 saturated heterocycles. The third kappa shape index (κ3) is 8.92. The predicted molar refractivity (Wildman–Crippen MR) is 152 cm³/mol. The number of carbonyl (C=O) groups excluding carboxylic acids is 2. The quantitative estimate of drug-likeness (QED) is 0.402. The van der Waals surface area contributed by atoms with Crippen molar-refractivity contribution in [1.82, 2.24) is 10.2 Å². The minimum Gasteiger partial charge on any atom is -0.350 e. The van der Waals surface area contributed by atoms with Crippen molar-refractivity contribution >= 4 is 27.5 Å². The largest absolute Gasteiger partial charge is 0.350 e. The number of benzene rings is 3. The Labute approximate surface area is 230 Å². The monoisotopic (exact) mass is 553 g/mol. The summed E-state index contributed by atoms with van der Waals surface area (Å²) in [5.74, 6) is -1.36. The van der Waals surface area contributed by atoms with Crippen LogP contribution in [-0.4, -0.2) is 49.5 Å². The molecule has 0 bridgehead atoms. The van der Waals surface area contributed by atoms with Gasteiger partial charge in [-0.2, -0.15) is 0 Å². The predicted octanol–water partition coefficient (Wildman–Crippen LogP) is 4.45. The number of halogens is 1. The molecular weight excluding hydrogens is 517 g/mol. The van der Waals surface area contributed by atoms with Crippen molar-refractivity contribution in [3.8, 4) is 0 Å². The van der Waals surface area contributed by atoms with Gasteiger partial charge in [-0.15, -0.1) is 0 Å². The number of rotatable bonds is 10. The number of nitrogens with one attached hydrogen (secondary N) is 1. The molecule has 7 nitrogen and oxygen atoms in total. The molecule has 39 heavy (non-hydrogen) atoms. The first-order chi connectivity index (χ1) is 18.2. The maximum atomic E-state index is 14.0. The molecule has 1 atom stereocenters. The van der Waals surface area contributed by atoms with E-state index >= 15 is 0 Å². The van der Waals surface area contributed by atoms with E-state index in [1.165, 1.54) is 17.0 Å². The van der Waals surface area contributed by atoms with Crippen molar-refractivity contribution < 1.29 is 22.4 Å². The number of aryl methyl sites for hydroxylation is 1. The molecule has 0 fully saturated rings. The van der Waals surface area contributed by atoms with Gasteiger partial charge >= 0.3 is 0 Å². The number of hydrogen-bond acceptors (Lipinski definition) is 4. The van der Waals surface area contributed by atoms with Crippen molar-refractivity contribution in [2.75, 3.05) is 17.1 Å². The van der Waals surface area contributed by atoms with Crippen LogP contribution in [0.5, 0.6) is 0 Å². The lowest BCUT2D eigenvalue weighted by Gasteiger charge is -2.35. The van der Waals surface area contributed by atoms with E-state index in [0.717, 1.165) is 21.7 Å². The zero-order valence-electron chi connectivity index (χ0n) is 23.0. The van der Waals surface area contributed by atoms with Crippen LogP contribution in [0.2, 0.25) is 0 Å². The number of nitrogens with zero attached hydrogens (tertiary/aromatic N) is 2. The molecule has 0 unspecified atom stereocenters. The zero-order chi connectivity index (χ0) is 28.8. The van der Waals surface area contributed by atoms with Gasteiger partial charge in [0.2, 0.25) is 21.8 Å². The normalized spacial score (nSPS) is 12.5. The van der Waals surface area contributed by atoms with Gasteiger partial charge in [-0.25, -0.2) is 12.8 Å². The van der Waals surface area contributed by atoms with Crippen LogP contribution in [0.15, 0.2) is 78.9 Å². The maximum absolute atomic E-state index is 14.0. The summed E-state index contributed by atoms with van der Waals surface area (Å²) in [5.41, 5.74) is 2.15. The van der Waals surface area contributed by atoms with Crippen molar-refractivity contribution in [3.05, 3.63) is 101 Å². The summed E-state index contributed by atoms with van der Waals surface area (Å²) in [6, 6.07) is 20.8. The first-order valence-electron chi connectivity index (χ1n) is 12.7. The van der Waals surface area contributed by atoms with Gasteiger partial charge < -0.3 is 10.2 Å². The minimum absolute atomic E-state index is 0.0142. The Morgan fingerprint density at radius 3 is 2.03 bits per heavy atom. The number of anilines is 1. The molecule has 0 radical (unpaired) electrons. The molecule has 1 N–H and O–H groups in total. The van der Waals surface area contributed by atoms with Gasteiger partial charge in [0.15, 0.2) is 0 Å². The fourth-order valence-corrected chi connectivity index (χ4v) is 4.97.